The van der Waals surface area contributed by atoms with Crippen LogP contribution in [0, 0.1) is 0 Å². The van der Waals surface area contributed by atoms with Gasteiger partial charge >= 0.3 is 11.9 Å². The van der Waals surface area contributed by atoms with E-state index in [0.717, 1.165) is 0 Å². The van der Waals surface area contributed by atoms with Gasteiger partial charge in [0.25, 0.3) is 0 Å². The highest BCUT2D eigenvalue weighted by Gasteiger charge is 2.14. The summed E-state index contributed by atoms with van der Waals surface area (Å²) in [6.07, 6.45) is 1.11. The van der Waals surface area contributed by atoms with E-state index in [-0.39, 0.29) is 30.2 Å². The molecule has 0 aliphatic carbocycles. The van der Waals surface area contributed by atoms with Crippen molar-refractivity contribution in [2.45, 2.75) is 19.8 Å². The molecule has 8 nitrogen and oxygen atoms in total. The number of aromatic nitrogens is 3. The third kappa shape index (κ3) is 4.98. The van der Waals surface area contributed by atoms with Gasteiger partial charge in [0.2, 0.25) is 0 Å². The van der Waals surface area contributed by atoms with Crippen LogP contribution in [-0.2, 0) is 14.3 Å². The first kappa shape index (κ1) is 20.1. The summed E-state index contributed by atoms with van der Waals surface area (Å²) in [4.78, 5) is 24.8. The van der Waals surface area contributed by atoms with Crippen LogP contribution in [0.25, 0.3) is 16.7 Å². The van der Waals surface area contributed by atoms with Crippen molar-refractivity contribution in [3.8, 4) is 11.4 Å². The van der Waals surface area contributed by atoms with Crippen LogP contribution in [0.5, 0.6) is 5.75 Å². The lowest BCUT2D eigenvalue weighted by Gasteiger charge is -2.08. The van der Waals surface area contributed by atoms with Crippen molar-refractivity contribution in [3.05, 3.63) is 60.2 Å². The number of nitrogens with zero attached hydrogens (tertiary/aromatic N) is 3. The summed E-state index contributed by atoms with van der Waals surface area (Å²) in [5, 5.41) is 18.8. The van der Waals surface area contributed by atoms with Crippen LogP contribution in [-0.4, -0.2) is 45.3 Å². The van der Waals surface area contributed by atoms with Gasteiger partial charge in [-0.05, 0) is 50.1 Å². The van der Waals surface area contributed by atoms with Gasteiger partial charge in [0.05, 0.1) is 18.8 Å². The highest BCUT2D eigenvalue weighted by atomic mass is 16.5. The van der Waals surface area contributed by atoms with Crippen molar-refractivity contribution < 1.29 is 24.2 Å². The van der Waals surface area contributed by atoms with Gasteiger partial charge < -0.3 is 14.6 Å². The molecule has 0 spiro atoms. The number of unbranched alkanes of at least 4 members (excludes halogenated alkanes) is 1. The van der Waals surface area contributed by atoms with Crippen LogP contribution in [0.1, 0.15) is 30.1 Å². The Morgan fingerprint density at radius 2 is 1.66 bits per heavy atom. The van der Waals surface area contributed by atoms with Gasteiger partial charge in [-0.15, -0.1) is 15.0 Å². The Kier molecular flexibility index (Phi) is 6.23. The van der Waals surface area contributed by atoms with Crippen LogP contribution >= 0.6 is 0 Å². The lowest BCUT2D eigenvalue weighted by Crippen LogP contribution is -2.10. The zero-order valence-electron chi connectivity index (χ0n) is 16.0. The summed E-state index contributed by atoms with van der Waals surface area (Å²) in [5.74, 6) is -1.01. The molecule has 29 heavy (non-hydrogen) atoms. The fourth-order valence-electron chi connectivity index (χ4n) is 2.52. The van der Waals surface area contributed by atoms with E-state index < -0.39 is 11.9 Å². The number of ether oxygens (including phenoxy) is 2. The molecule has 0 radical (unpaired) electrons. The molecular formula is C21H21N3O5. The maximum absolute atomic E-state index is 12.3. The quantitative estimate of drug-likeness (QED) is 0.355. The summed E-state index contributed by atoms with van der Waals surface area (Å²) < 4.78 is 10.2. The highest BCUT2D eigenvalue weighted by Crippen LogP contribution is 2.23. The third-order valence-corrected chi connectivity index (χ3v) is 4.07. The maximum atomic E-state index is 12.3. The third-order valence-electron chi connectivity index (χ3n) is 4.07. The number of fused-ring (bicyclic) bond motifs is 1. The number of aromatic hydroxyl groups is 1. The molecule has 1 aromatic heterocycles. The molecule has 0 saturated carbocycles. The van der Waals surface area contributed by atoms with Crippen LogP contribution in [0.15, 0.2) is 54.6 Å². The molecule has 3 aromatic rings. The Morgan fingerprint density at radius 1 is 1.03 bits per heavy atom. The van der Waals surface area contributed by atoms with Crippen molar-refractivity contribution in [1.82, 2.24) is 15.0 Å². The maximum Gasteiger partial charge on any atom is 0.338 e. The summed E-state index contributed by atoms with van der Waals surface area (Å²) in [7, 11) is 0. The van der Waals surface area contributed by atoms with E-state index in [1.165, 1.54) is 23.0 Å². The van der Waals surface area contributed by atoms with Crippen molar-refractivity contribution in [1.29, 1.82) is 0 Å². The van der Waals surface area contributed by atoms with Crippen molar-refractivity contribution >= 4 is 23.0 Å². The topological polar surface area (TPSA) is 104 Å². The van der Waals surface area contributed by atoms with Crippen molar-refractivity contribution in [3.63, 3.8) is 0 Å². The second kappa shape index (κ2) is 9.01. The van der Waals surface area contributed by atoms with E-state index in [9.17, 15) is 14.7 Å². The normalized spacial score (nSPS) is 10.7. The Hall–Kier alpha value is -3.68. The van der Waals surface area contributed by atoms with Gasteiger partial charge in [-0.25, -0.2) is 9.59 Å². The zero-order valence-corrected chi connectivity index (χ0v) is 16.0. The number of phenols is 1. The second-order valence-corrected chi connectivity index (χ2v) is 6.44. The van der Waals surface area contributed by atoms with Crippen LogP contribution in [0.2, 0.25) is 0 Å². The molecule has 1 N–H and O–H groups in total. The van der Waals surface area contributed by atoms with Gasteiger partial charge in [-0.2, -0.15) is 0 Å². The molecule has 0 bridgehead atoms. The molecule has 0 unspecified atom stereocenters. The Balaban J connectivity index is 1.58. The SMILES string of the molecule is C=C(C)C(=O)OCCCCOC(=O)c1ccc(O)c(-n2nc3ccccc3n2)c1. The Morgan fingerprint density at radius 3 is 2.28 bits per heavy atom. The van der Waals surface area contributed by atoms with Gasteiger partial charge in [-0.1, -0.05) is 18.7 Å². The van der Waals surface area contributed by atoms with E-state index in [0.29, 0.717) is 29.4 Å². The Labute approximate surface area is 167 Å². The molecule has 0 aliphatic rings. The number of esters is 2. The van der Waals surface area contributed by atoms with E-state index in [1.807, 2.05) is 24.3 Å². The molecule has 0 atom stereocenters. The number of benzene rings is 2. The summed E-state index contributed by atoms with van der Waals surface area (Å²) in [5.41, 5.74) is 2.24. The van der Waals surface area contributed by atoms with Gasteiger partial charge in [0, 0.05) is 5.57 Å². The molecule has 0 fully saturated rings. The lowest BCUT2D eigenvalue weighted by atomic mass is 10.2. The van der Waals surface area contributed by atoms with E-state index in [1.54, 1.807) is 6.92 Å². The first-order valence-corrected chi connectivity index (χ1v) is 9.11. The number of rotatable bonds is 8. The second-order valence-electron chi connectivity index (χ2n) is 6.44. The fraction of sp³-hybridized carbons (Fsp3) is 0.238. The number of hydrogen-bond acceptors (Lipinski definition) is 7. The number of carbonyl (C=O) groups excluding carboxylic acids is 2. The minimum Gasteiger partial charge on any atom is -0.506 e. The lowest BCUT2D eigenvalue weighted by molar-refractivity contribution is -0.139. The van der Waals surface area contributed by atoms with Crippen LogP contribution in [0.3, 0.4) is 0 Å². The Bertz CT molecular complexity index is 1020. The smallest absolute Gasteiger partial charge is 0.338 e. The fourth-order valence-corrected chi connectivity index (χ4v) is 2.52. The molecule has 150 valence electrons. The molecule has 2 aromatic carbocycles. The summed E-state index contributed by atoms with van der Waals surface area (Å²) in [6, 6.07) is 11.6. The number of hydrogen-bond donors (Lipinski definition) is 1. The standard InChI is InChI=1S/C21H21N3O5/c1-14(2)20(26)28-11-5-6-12-29-21(27)15-9-10-19(25)18(13-15)24-22-16-7-3-4-8-17(16)23-24/h3-4,7-10,13,25H,1,5-6,11-12H2,2H3. The highest BCUT2D eigenvalue weighted by molar-refractivity contribution is 5.90. The minimum atomic E-state index is -0.526. The first-order valence-electron chi connectivity index (χ1n) is 9.11. The van der Waals surface area contributed by atoms with Crippen molar-refractivity contribution in [2.24, 2.45) is 0 Å². The van der Waals surface area contributed by atoms with Gasteiger partial charge in [0.1, 0.15) is 22.5 Å². The molecule has 1 heterocycles. The molecule has 0 amide bonds. The predicted molar refractivity (Wildman–Crippen MR) is 106 cm³/mol. The predicted octanol–water partition coefficient (Wildman–Crippen LogP) is 3.18. The average Bonchev–Trinajstić information content (AvgIpc) is 3.14. The summed E-state index contributed by atoms with van der Waals surface area (Å²) >= 11 is 0. The van der Waals surface area contributed by atoms with E-state index in [2.05, 4.69) is 16.8 Å². The van der Waals surface area contributed by atoms with Gasteiger partial charge in [-0.3, -0.25) is 0 Å². The molecule has 3 rings (SSSR count). The number of phenolic OH excluding ortho intramolecular Hbond substituents is 1. The van der Waals surface area contributed by atoms with E-state index >= 15 is 0 Å². The summed E-state index contributed by atoms with van der Waals surface area (Å²) in [6.45, 7) is 5.51. The average molecular weight is 395 g/mol. The molecular weight excluding hydrogens is 374 g/mol. The van der Waals surface area contributed by atoms with E-state index in [4.69, 9.17) is 9.47 Å². The molecule has 0 saturated heterocycles. The largest absolute Gasteiger partial charge is 0.506 e. The molecule has 0 aliphatic heterocycles. The van der Waals surface area contributed by atoms with Crippen LogP contribution in [0.4, 0.5) is 0 Å². The van der Waals surface area contributed by atoms with Crippen LogP contribution < -0.4 is 0 Å². The molecule has 8 heteroatoms. The first-order chi connectivity index (χ1) is 14.0. The zero-order chi connectivity index (χ0) is 20.8. The van der Waals surface area contributed by atoms with Crippen molar-refractivity contribution in [2.75, 3.05) is 13.2 Å². The monoisotopic (exact) mass is 395 g/mol. The van der Waals surface area contributed by atoms with Gasteiger partial charge in [0.15, 0.2) is 0 Å². The minimum absolute atomic E-state index is 0.0545. The number of carbonyl (C=O) groups is 2.